The molecule has 2 aromatic rings. The van der Waals surface area contributed by atoms with E-state index in [4.69, 9.17) is 9.15 Å². The molecule has 1 atom stereocenters. The van der Waals surface area contributed by atoms with Crippen LogP contribution in [-0.4, -0.2) is 67.8 Å². The van der Waals surface area contributed by atoms with Crippen molar-refractivity contribution in [1.82, 2.24) is 15.5 Å². The summed E-state index contributed by atoms with van der Waals surface area (Å²) in [5.41, 5.74) is 2.32. The molecule has 7 heteroatoms. The van der Waals surface area contributed by atoms with Gasteiger partial charge in [-0.1, -0.05) is 18.2 Å². The minimum atomic E-state index is 0.196. The third kappa shape index (κ3) is 4.02. The molecule has 4 rings (SSSR count). The van der Waals surface area contributed by atoms with Gasteiger partial charge in [-0.3, -0.25) is 9.89 Å². The lowest BCUT2D eigenvalue weighted by atomic mass is 9.95. The number of nitrogens with zero attached hydrogens (tertiary/aromatic N) is 2. The predicted octanol–water partition coefficient (Wildman–Crippen LogP) is 2.61. The van der Waals surface area contributed by atoms with Gasteiger partial charge in [-0.05, 0) is 25.2 Å². The first-order chi connectivity index (χ1) is 13.7. The van der Waals surface area contributed by atoms with Crippen molar-refractivity contribution >= 4 is 28.7 Å². The second-order valence-corrected chi connectivity index (χ2v) is 8.66. The first-order valence-corrected chi connectivity index (χ1v) is 11.2. The van der Waals surface area contributed by atoms with Crippen molar-refractivity contribution in [2.75, 3.05) is 51.4 Å². The molecule has 6 nitrogen and oxygen atoms in total. The molecule has 0 amide bonds. The van der Waals surface area contributed by atoms with Crippen LogP contribution in [-0.2, 0) is 11.3 Å². The Morgan fingerprint density at radius 3 is 2.79 bits per heavy atom. The van der Waals surface area contributed by atoms with Crippen LogP contribution >= 0.6 is 11.8 Å². The largest absolute Gasteiger partial charge is 0.459 e. The van der Waals surface area contributed by atoms with Gasteiger partial charge in [0.25, 0.3) is 0 Å². The number of rotatable bonds is 5. The third-order valence-electron chi connectivity index (χ3n) is 5.93. The van der Waals surface area contributed by atoms with Crippen LogP contribution in [0.1, 0.15) is 17.7 Å². The van der Waals surface area contributed by atoms with Crippen LogP contribution in [0, 0.1) is 6.92 Å². The third-order valence-corrected chi connectivity index (χ3v) is 7.17. The summed E-state index contributed by atoms with van der Waals surface area (Å²) in [4.78, 5) is 7.04. The van der Waals surface area contributed by atoms with Gasteiger partial charge < -0.3 is 19.8 Å². The van der Waals surface area contributed by atoms with Gasteiger partial charge in [0.2, 0.25) is 0 Å². The van der Waals surface area contributed by atoms with Crippen LogP contribution in [0.2, 0.25) is 0 Å². The summed E-state index contributed by atoms with van der Waals surface area (Å²) in [6, 6.07) is 8.18. The number of guanidine groups is 1. The highest BCUT2D eigenvalue weighted by molar-refractivity contribution is 7.99. The molecule has 2 aliphatic heterocycles. The Labute approximate surface area is 171 Å². The molecule has 152 valence electrons. The number of para-hydroxylation sites is 1. The maximum absolute atomic E-state index is 6.02. The molecule has 0 saturated carbocycles. The van der Waals surface area contributed by atoms with Crippen molar-refractivity contribution < 1.29 is 9.15 Å². The van der Waals surface area contributed by atoms with Gasteiger partial charge >= 0.3 is 0 Å². The quantitative estimate of drug-likeness (QED) is 0.592. The summed E-state index contributed by atoms with van der Waals surface area (Å²) in [6.45, 7) is 7.36. The SMILES string of the molecule is CN=C(NCc1oc2ccccc2c1C)NCC1(N2CCOCC2)CCSC1. The topological polar surface area (TPSA) is 62.0 Å². The second-order valence-electron chi connectivity index (χ2n) is 7.55. The van der Waals surface area contributed by atoms with Crippen molar-refractivity contribution in [2.45, 2.75) is 25.4 Å². The fourth-order valence-corrected chi connectivity index (χ4v) is 5.64. The first kappa shape index (κ1) is 19.6. The number of furan rings is 1. The van der Waals surface area contributed by atoms with E-state index >= 15 is 0 Å². The van der Waals surface area contributed by atoms with Gasteiger partial charge in [0.15, 0.2) is 5.96 Å². The molecule has 0 aliphatic carbocycles. The first-order valence-electron chi connectivity index (χ1n) is 10.0. The van der Waals surface area contributed by atoms with E-state index in [1.807, 2.05) is 25.2 Å². The monoisotopic (exact) mass is 402 g/mol. The molecule has 28 heavy (non-hydrogen) atoms. The molecule has 3 heterocycles. The van der Waals surface area contributed by atoms with E-state index in [0.29, 0.717) is 6.54 Å². The van der Waals surface area contributed by atoms with Gasteiger partial charge in [0, 0.05) is 48.9 Å². The number of morpholine rings is 1. The van der Waals surface area contributed by atoms with Crippen molar-refractivity contribution in [3.05, 3.63) is 35.6 Å². The molecule has 0 bridgehead atoms. The molecular weight excluding hydrogens is 372 g/mol. The van der Waals surface area contributed by atoms with Crippen LogP contribution in [0.3, 0.4) is 0 Å². The summed E-state index contributed by atoms with van der Waals surface area (Å²) >= 11 is 2.05. The minimum Gasteiger partial charge on any atom is -0.459 e. The Balaban J connectivity index is 1.38. The number of aliphatic imine (C=N–C) groups is 1. The second kappa shape index (κ2) is 8.76. The molecule has 1 aromatic heterocycles. The zero-order valence-electron chi connectivity index (χ0n) is 16.8. The van der Waals surface area contributed by atoms with Crippen LogP contribution < -0.4 is 10.6 Å². The molecule has 0 spiro atoms. The fourth-order valence-electron chi connectivity index (χ4n) is 4.16. The normalized spacial score (nSPS) is 24.0. The number of aryl methyl sites for hydroxylation is 1. The van der Waals surface area contributed by atoms with Gasteiger partial charge in [0.1, 0.15) is 11.3 Å². The Kier molecular flexibility index (Phi) is 6.13. The Bertz CT molecular complexity index is 823. The van der Waals surface area contributed by atoms with E-state index in [-0.39, 0.29) is 5.54 Å². The van der Waals surface area contributed by atoms with E-state index in [9.17, 15) is 0 Å². The highest BCUT2D eigenvalue weighted by Gasteiger charge is 2.40. The lowest BCUT2D eigenvalue weighted by molar-refractivity contribution is -0.0120. The number of thioether (sulfide) groups is 1. The van der Waals surface area contributed by atoms with Gasteiger partial charge in [-0.15, -0.1) is 0 Å². The van der Waals surface area contributed by atoms with Crippen molar-refractivity contribution in [3.8, 4) is 0 Å². The molecule has 1 unspecified atom stereocenters. The van der Waals surface area contributed by atoms with Crippen molar-refractivity contribution in [3.63, 3.8) is 0 Å². The van der Waals surface area contributed by atoms with E-state index in [1.165, 1.54) is 28.9 Å². The molecule has 1 aromatic carbocycles. The summed E-state index contributed by atoms with van der Waals surface area (Å²) < 4.78 is 11.6. The smallest absolute Gasteiger partial charge is 0.191 e. The predicted molar refractivity (Wildman–Crippen MR) is 116 cm³/mol. The summed E-state index contributed by atoms with van der Waals surface area (Å²) in [6.07, 6.45) is 1.21. The molecule has 0 radical (unpaired) electrons. The minimum absolute atomic E-state index is 0.196. The van der Waals surface area contributed by atoms with Crippen molar-refractivity contribution in [2.24, 2.45) is 4.99 Å². The van der Waals surface area contributed by atoms with Gasteiger partial charge in [-0.2, -0.15) is 11.8 Å². The average Bonchev–Trinajstić information content (AvgIpc) is 3.35. The maximum Gasteiger partial charge on any atom is 0.191 e. The molecule has 2 saturated heterocycles. The Morgan fingerprint density at radius 1 is 1.25 bits per heavy atom. The standard InChI is InChI=1S/C21H30N4O2S/c1-16-17-5-3-4-6-18(17)27-19(16)13-23-20(22-2)24-14-21(7-12-28-15-21)25-8-10-26-11-9-25/h3-6H,7-15H2,1-2H3,(H2,22,23,24). The van der Waals surface area contributed by atoms with Gasteiger partial charge in [0.05, 0.1) is 19.8 Å². The number of fused-ring (bicyclic) bond motifs is 1. The lowest BCUT2D eigenvalue weighted by Crippen LogP contribution is -2.60. The van der Waals surface area contributed by atoms with Crippen LogP contribution in [0.5, 0.6) is 0 Å². The fraction of sp³-hybridized carbons (Fsp3) is 0.571. The Morgan fingerprint density at radius 2 is 2.07 bits per heavy atom. The average molecular weight is 403 g/mol. The highest BCUT2D eigenvalue weighted by atomic mass is 32.2. The zero-order valence-corrected chi connectivity index (χ0v) is 17.6. The number of hydrogen-bond donors (Lipinski definition) is 2. The summed E-state index contributed by atoms with van der Waals surface area (Å²) in [5, 5.41) is 8.18. The molecule has 2 N–H and O–H groups in total. The van der Waals surface area contributed by atoms with Crippen molar-refractivity contribution in [1.29, 1.82) is 0 Å². The van der Waals surface area contributed by atoms with Crippen LogP contribution in [0.25, 0.3) is 11.0 Å². The molecular formula is C21H30N4O2S. The maximum atomic E-state index is 6.02. The number of benzene rings is 1. The van der Waals surface area contributed by atoms with Gasteiger partial charge in [-0.25, -0.2) is 0 Å². The van der Waals surface area contributed by atoms with E-state index in [1.54, 1.807) is 0 Å². The van der Waals surface area contributed by atoms with E-state index in [0.717, 1.165) is 50.2 Å². The molecule has 2 aliphatic rings. The highest BCUT2D eigenvalue weighted by Crippen LogP contribution is 2.33. The number of nitrogens with one attached hydrogen (secondary N) is 2. The molecule has 2 fully saturated rings. The summed E-state index contributed by atoms with van der Waals surface area (Å²) in [7, 11) is 1.83. The van der Waals surface area contributed by atoms with Crippen LogP contribution in [0.4, 0.5) is 0 Å². The lowest BCUT2D eigenvalue weighted by Gasteiger charge is -2.43. The van der Waals surface area contributed by atoms with Crippen LogP contribution in [0.15, 0.2) is 33.7 Å². The van der Waals surface area contributed by atoms with E-state index < -0.39 is 0 Å². The zero-order chi connectivity index (χ0) is 19.4. The summed E-state index contributed by atoms with van der Waals surface area (Å²) in [5.74, 6) is 4.18. The van der Waals surface area contributed by atoms with E-state index in [2.05, 4.69) is 45.3 Å². The Hall–Kier alpha value is -1.70. The number of hydrogen-bond acceptors (Lipinski definition) is 5. The number of ether oxygens (including phenoxy) is 1.